The number of amides is 3. The topological polar surface area (TPSA) is 93.7 Å². The van der Waals surface area contributed by atoms with Gasteiger partial charge in [0.1, 0.15) is 18.1 Å². The Bertz CT molecular complexity index is 1070. The molecule has 1 aliphatic heterocycles. The first-order chi connectivity index (χ1) is 15.7. The minimum absolute atomic E-state index is 0.0284. The minimum Gasteiger partial charge on any atom is -0.457 e. The maximum absolute atomic E-state index is 13.6. The molecule has 2 N–H and O–H groups in total. The largest absolute Gasteiger partial charge is 0.457 e. The summed E-state index contributed by atoms with van der Waals surface area (Å²) in [5.74, 6) is -1.27. The second kappa shape index (κ2) is 10.5. The summed E-state index contributed by atoms with van der Waals surface area (Å²) in [4.78, 5) is 33.0. The fourth-order valence-electron chi connectivity index (χ4n) is 3.12. The Morgan fingerprint density at radius 1 is 1.24 bits per heavy atom. The van der Waals surface area contributed by atoms with E-state index in [-0.39, 0.29) is 41.2 Å². The first-order valence-corrected chi connectivity index (χ1v) is 10.1. The maximum Gasteiger partial charge on any atom is 0.420 e. The van der Waals surface area contributed by atoms with Crippen LogP contribution in [-0.4, -0.2) is 37.5 Å². The van der Waals surface area contributed by atoms with Crippen molar-refractivity contribution < 1.29 is 37.0 Å². The lowest BCUT2D eigenvalue weighted by Gasteiger charge is -2.23. The molecule has 0 spiro atoms. The molecule has 1 unspecified atom stereocenters. The molecule has 0 bridgehead atoms. The van der Waals surface area contributed by atoms with Crippen molar-refractivity contribution in [3.05, 3.63) is 64.1 Å². The van der Waals surface area contributed by atoms with Gasteiger partial charge in [-0.05, 0) is 47.9 Å². The van der Waals surface area contributed by atoms with Crippen LogP contribution in [0.3, 0.4) is 0 Å². The van der Waals surface area contributed by atoms with Crippen molar-refractivity contribution in [2.24, 2.45) is 0 Å². The lowest BCUT2D eigenvalue weighted by atomic mass is 10.1. The maximum atomic E-state index is 13.6. The number of thiol groups is 1. The molecule has 1 heterocycles. The number of carbonyl (C=O) groups is 3. The second-order valence-electron chi connectivity index (χ2n) is 7.10. The Balaban J connectivity index is 1.77. The molecule has 33 heavy (non-hydrogen) atoms. The van der Waals surface area contributed by atoms with Crippen LogP contribution in [0, 0.1) is 0 Å². The van der Waals surface area contributed by atoms with Crippen molar-refractivity contribution in [2.45, 2.75) is 18.6 Å². The third kappa shape index (κ3) is 6.83. The predicted octanol–water partition coefficient (Wildman–Crippen LogP) is 3.10. The van der Waals surface area contributed by atoms with E-state index in [1.54, 1.807) is 12.1 Å². The molecule has 0 saturated carbocycles. The molecular weight excluding hydrogens is 461 g/mol. The van der Waals surface area contributed by atoms with Crippen molar-refractivity contribution in [2.75, 3.05) is 13.2 Å². The van der Waals surface area contributed by atoms with Crippen LogP contribution in [0.15, 0.2) is 47.4 Å². The van der Waals surface area contributed by atoms with Gasteiger partial charge in [0.2, 0.25) is 12.3 Å². The van der Waals surface area contributed by atoms with Crippen molar-refractivity contribution in [3.63, 3.8) is 0 Å². The fraction of sp³-hybridized carbons (Fsp3) is 0.227. The zero-order valence-corrected chi connectivity index (χ0v) is 17.9. The monoisotopic (exact) mass is 480 g/mol. The van der Waals surface area contributed by atoms with Gasteiger partial charge in [-0.3, -0.25) is 19.7 Å². The quantitative estimate of drug-likeness (QED) is 0.322. The zero-order valence-electron chi connectivity index (χ0n) is 17.0. The molecule has 11 heteroatoms. The van der Waals surface area contributed by atoms with Crippen LogP contribution >= 0.6 is 12.6 Å². The summed E-state index contributed by atoms with van der Waals surface area (Å²) in [5.41, 5.74) is -0.142. The molecule has 174 valence electrons. The van der Waals surface area contributed by atoms with Crippen molar-refractivity contribution in [1.29, 1.82) is 0 Å². The molecule has 2 aromatic rings. The summed E-state index contributed by atoms with van der Waals surface area (Å²) in [7, 11) is 0. The van der Waals surface area contributed by atoms with Gasteiger partial charge >= 0.3 is 6.18 Å². The first kappa shape index (κ1) is 24.3. The van der Waals surface area contributed by atoms with Crippen LogP contribution in [-0.2, 0) is 31.7 Å². The van der Waals surface area contributed by atoms with E-state index in [1.807, 2.05) is 5.32 Å². The molecule has 0 aromatic heterocycles. The molecular formula is C22H19F3N2O5S. The number of imide groups is 1. The third-order valence-electron chi connectivity index (χ3n) is 4.59. The molecule has 2 aromatic carbocycles. The summed E-state index contributed by atoms with van der Waals surface area (Å²) < 4.78 is 51.5. The van der Waals surface area contributed by atoms with Gasteiger partial charge in [-0.15, -0.1) is 12.6 Å². The zero-order chi connectivity index (χ0) is 24.0. The molecule has 1 saturated heterocycles. The number of hydrogen-bond acceptors (Lipinski definition) is 6. The van der Waals surface area contributed by atoms with Crippen LogP contribution in [0.25, 0.3) is 6.08 Å². The number of morpholine rings is 1. The van der Waals surface area contributed by atoms with Crippen LogP contribution in [0.1, 0.15) is 16.7 Å². The van der Waals surface area contributed by atoms with Crippen LogP contribution in [0.2, 0.25) is 0 Å². The summed E-state index contributed by atoms with van der Waals surface area (Å²) in [6.07, 6.45) is -2.97. The lowest BCUT2D eigenvalue weighted by Crippen LogP contribution is -2.46. The normalized spacial score (nSPS) is 16.7. The van der Waals surface area contributed by atoms with Crippen LogP contribution < -0.4 is 15.4 Å². The number of alkyl halides is 3. The van der Waals surface area contributed by atoms with Gasteiger partial charge < -0.3 is 14.8 Å². The van der Waals surface area contributed by atoms with E-state index in [9.17, 15) is 27.6 Å². The SMILES string of the molecule is O=CNC(=O)/C(S)=C\c1ccc(Oc2ccc(CC3COCC(=O)N3)cc2)c(C(F)(F)F)c1. The molecule has 3 amide bonds. The van der Waals surface area contributed by atoms with Crippen molar-refractivity contribution in [3.8, 4) is 11.5 Å². The summed E-state index contributed by atoms with van der Waals surface area (Å²) in [6, 6.07) is 9.55. The van der Waals surface area contributed by atoms with E-state index in [1.165, 1.54) is 18.2 Å². The number of ether oxygens (including phenoxy) is 2. The minimum atomic E-state index is -4.72. The van der Waals surface area contributed by atoms with Gasteiger partial charge in [0.15, 0.2) is 0 Å². The molecule has 0 aliphatic carbocycles. The van der Waals surface area contributed by atoms with E-state index in [4.69, 9.17) is 9.47 Å². The Hall–Kier alpha value is -3.31. The highest BCUT2D eigenvalue weighted by Crippen LogP contribution is 2.39. The smallest absolute Gasteiger partial charge is 0.420 e. The van der Waals surface area contributed by atoms with E-state index in [2.05, 4.69) is 17.9 Å². The summed E-state index contributed by atoms with van der Waals surface area (Å²) in [5, 5.41) is 4.65. The Morgan fingerprint density at radius 3 is 2.61 bits per heavy atom. The molecule has 1 atom stereocenters. The molecule has 3 rings (SSSR count). The van der Waals surface area contributed by atoms with Gasteiger partial charge in [0.05, 0.1) is 23.1 Å². The van der Waals surface area contributed by atoms with Crippen molar-refractivity contribution in [1.82, 2.24) is 10.6 Å². The van der Waals surface area contributed by atoms with Gasteiger partial charge in [0.25, 0.3) is 5.91 Å². The van der Waals surface area contributed by atoms with E-state index in [0.717, 1.165) is 23.8 Å². The van der Waals surface area contributed by atoms with Gasteiger partial charge in [-0.2, -0.15) is 13.2 Å². The number of carbonyl (C=O) groups excluding carboxylic acids is 3. The number of benzene rings is 2. The number of halogens is 3. The predicted molar refractivity (Wildman–Crippen MR) is 116 cm³/mol. The average molecular weight is 480 g/mol. The van der Waals surface area contributed by atoms with Gasteiger partial charge in [0, 0.05) is 0 Å². The average Bonchev–Trinajstić information content (AvgIpc) is 2.75. The summed E-state index contributed by atoms with van der Waals surface area (Å²) in [6.45, 7) is 0.408. The highest BCUT2D eigenvalue weighted by atomic mass is 32.1. The number of hydrogen-bond donors (Lipinski definition) is 3. The van der Waals surface area contributed by atoms with E-state index >= 15 is 0 Å². The molecule has 0 radical (unpaired) electrons. The number of nitrogens with one attached hydrogen (secondary N) is 2. The fourth-order valence-corrected chi connectivity index (χ4v) is 3.33. The second-order valence-corrected chi connectivity index (χ2v) is 7.59. The molecule has 1 aliphatic rings. The summed E-state index contributed by atoms with van der Waals surface area (Å²) >= 11 is 3.89. The van der Waals surface area contributed by atoms with Gasteiger partial charge in [-0.1, -0.05) is 18.2 Å². The molecule has 1 fully saturated rings. The first-order valence-electron chi connectivity index (χ1n) is 9.66. The number of rotatable bonds is 7. The van der Waals surface area contributed by atoms with Crippen LogP contribution in [0.5, 0.6) is 11.5 Å². The lowest BCUT2D eigenvalue weighted by molar-refractivity contribution is -0.138. The Labute approximate surface area is 192 Å². The van der Waals surface area contributed by atoms with E-state index < -0.39 is 23.4 Å². The third-order valence-corrected chi connectivity index (χ3v) is 4.92. The Kier molecular flexibility index (Phi) is 7.77. The van der Waals surface area contributed by atoms with Crippen molar-refractivity contribution >= 4 is 36.9 Å². The van der Waals surface area contributed by atoms with Crippen LogP contribution in [0.4, 0.5) is 13.2 Å². The standard InChI is InChI=1S/C22H19F3N2O5S/c23-22(24,25)17-8-14(9-19(33)21(30)26-12-28)3-6-18(17)32-16-4-1-13(2-5-16)7-15-10-31-11-20(29)27-15/h1-6,8-9,12,15,33H,7,10-11H2,(H,27,29)(H,26,28,30)/b19-9+. The molecule has 7 nitrogen and oxygen atoms in total. The highest BCUT2D eigenvalue weighted by molar-refractivity contribution is 7.85. The highest BCUT2D eigenvalue weighted by Gasteiger charge is 2.35. The Morgan fingerprint density at radius 2 is 1.97 bits per heavy atom. The van der Waals surface area contributed by atoms with Gasteiger partial charge in [-0.25, -0.2) is 0 Å². The van der Waals surface area contributed by atoms with E-state index in [0.29, 0.717) is 13.0 Å².